The fourth-order valence-corrected chi connectivity index (χ4v) is 2.34. The van der Waals surface area contributed by atoms with Crippen molar-refractivity contribution in [3.63, 3.8) is 0 Å². The number of nitrogen functional groups attached to an aromatic ring is 1. The van der Waals surface area contributed by atoms with Gasteiger partial charge >= 0.3 is 0 Å². The van der Waals surface area contributed by atoms with Crippen molar-refractivity contribution in [3.05, 3.63) is 23.9 Å². The first kappa shape index (κ1) is 12.3. The van der Waals surface area contributed by atoms with Crippen LogP contribution in [0.25, 0.3) is 0 Å². The maximum atomic E-state index is 9.57. The Labute approximate surface area is 102 Å². The fourth-order valence-electron chi connectivity index (χ4n) is 2.34. The van der Waals surface area contributed by atoms with Crippen LogP contribution in [0, 0.1) is 5.92 Å². The molecule has 1 aliphatic heterocycles. The largest absolute Gasteiger partial charge is 0.393 e. The van der Waals surface area contributed by atoms with Crippen LogP contribution in [0.15, 0.2) is 18.3 Å². The van der Waals surface area contributed by atoms with Gasteiger partial charge in [0.2, 0.25) is 0 Å². The summed E-state index contributed by atoms with van der Waals surface area (Å²) in [5.74, 6) is 6.55. The number of aliphatic hydroxyl groups excluding tert-OH is 1. The van der Waals surface area contributed by atoms with Crippen molar-refractivity contribution >= 4 is 5.82 Å². The Balaban J connectivity index is 1.98. The number of aromatic nitrogens is 1. The van der Waals surface area contributed by atoms with E-state index in [1.807, 2.05) is 19.1 Å². The summed E-state index contributed by atoms with van der Waals surface area (Å²) in [5, 5.41) is 9.57. The number of nitrogens with zero attached hydrogens (tertiary/aromatic N) is 2. The SMILES string of the molecule is CC(O)C1CCN(Cc2cccnc2NN)C1. The van der Waals surface area contributed by atoms with Gasteiger partial charge in [-0.25, -0.2) is 10.8 Å². The zero-order chi connectivity index (χ0) is 12.3. The predicted octanol–water partition coefficient (Wildman–Crippen LogP) is 0.570. The maximum Gasteiger partial charge on any atom is 0.144 e. The molecule has 1 fully saturated rings. The van der Waals surface area contributed by atoms with Crippen molar-refractivity contribution < 1.29 is 5.11 Å². The molecule has 1 saturated heterocycles. The van der Waals surface area contributed by atoms with E-state index >= 15 is 0 Å². The second-order valence-corrected chi connectivity index (χ2v) is 4.68. The number of pyridine rings is 1. The van der Waals surface area contributed by atoms with Crippen LogP contribution in [0.5, 0.6) is 0 Å². The second-order valence-electron chi connectivity index (χ2n) is 4.68. The topological polar surface area (TPSA) is 74.4 Å². The van der Waals surface area contributed by atoms with Crippen molar-refractivity contribution in [3.8, 4) is 0 Å². The highest BCUT2D eigenvalue weighted by atomic mass is 16.3. The highest BCUT2D eigenvalue weighted by Gasteiger charge is 2.26. The van der Waals surface area contributed by atoms with Crippen LogP contribution in [0.1, 0.15) is 18.9 Å². The maximum absolute atomic E-state index is 9.57. The molecule has 1 aromatic rings. The van der Waals surface area contributed by atoms with Crippen LogP contribution >= 0.6 is 0 Å². The Hall–Kier alpha value is -1.17. The molecule has 2 rings (SSSR count). The van der Waals surface area contributed by atoms with Crippen LogP contribution in [0.2, 0.25) is 0 Å². The second kappa shape index (κ2) is 5.44. The first-order valence-electron chi connectivity index (χ1n) is 6.01. The van der Waals surface area contributed by atoms with Crippen LogP contribution < -0.4 is 11.3 Å². The molecule has 2 unspecified atom stereocenters. The highest BCUT2D eigenvalue weighted by Crippen LogP contribution is 2.22. The molecular formula is C12H20N4O. The average molecular weight is 236 g/mol. The van der Waals surface area contributed by atoms with Gasteiger partial charge in [-0.3, -0.25) is 4.90 Å². The molecule has 0 bridgehead atoms. The van der Waals surface area contributed by atoms with Crippen molar-refractivity contribution in [2.75, 3.05) is 18.5 Å². The molecule has 0 radical (unpaired) electrons. The third kappa shape index (κ3) is 2.94. The normalized spacial score (nSPS) is 22.6. The fraction of sp³-hybridized carbons (Fsp3) is 0.583. The molecule has 2 heterocycles. The van der Waals surface area contributed by atoms with Crippen LogP contribution in [-0.2, 0) is 6.54 Å². The Bertz CT molecular complexity index is 369. The van der Waals surface area contributed by atoms with Crippen molar-refractivity contribution in [2.45, 2.75) is 26.0 Å². The number of hydrazine groups is 1. The van der Waals surface area contributed by atoms with Gasteiger partial charge in [-0.2, -0.15) is 0 Å². The lowest BCUT2D eigenvalue weighted by Crippen LogP contribution is -2.24. The van der Waals surface area contributed by atoms with Crippen molar-refractivity contribution in [1.29, 1.82) is 0 Å². The summed E-state index contributed by atoms with van der Waals surface area (Å²) in [7, 11) is 0. The lowest BCUT2D eigenvalue weighted by molar-refractivity contribution is 0.127. The third-order valence-corrected chi connectivity index (χ3v) is 3.41. The summed E-state index contributed by atoms with van der Waals surface area (Å²) in [6.07, 6.45) is 2.56. The molecule has 0 aliphatic carbocycles. The number of likely N-dealkylation sites (tertiary alicyclic amines) is 1. The van der Waals surface area contributed by atoms with Gasteiger partial charge in [0.05, 0.1) is 6.10 Å². The number of nitrogens with two attached hydrogens (primary N) is 1. The summed E-state index contributed by atoms with van der Waals surface area (Å²) in [4.78, 5) is 6.51. The van der Waals surface area contributed by atoms with Crippen molar-refractivity contribution in [2.24, 2.45) is 11.8 Å². The van der Waals surface area contributed by atoms with Gasteiger partial charge in [0, 0.05) is 24.8 Å². The van der Waals surface area contributed by atoms with Gasteiger partial charge in [0.25, 0.3) is 0 Å². The van der Waals surface area contributed by atoms with Crippen molar-refractivity contribution in [1.82, 2.24) is 9.88 Å². The van der Waals surface area contributed by atoms with E-state index in [2.05, 4.69) is 15.3 Å². The minimum Gasteiger partial charge on any atom is -0.393 e. The van der Waals surface area contributed by atoms with Crippen LogP contribution in [0.3, 0.4) is 0 Å². The van der Waals surface area contributed by atoms with E-state index in [0.717, 1.165) is 37.4 Å². The number of rotatable bonds is 4. The van der Waals surface area contributed by atoms with Crippen LogP contribution in [0.4, 0.5) is 5.82 Å². The predicted molar refractivity (Wildman–Crippen MR) is 67.1 cm³/mol. The number of hydrogen-bond acceptors (Lipinski definition) is 5. The minimum absolute atomic E-state index is 0.221. The molecular weight excluding hydrogens is 216 g/mol. The van der Waals surface area contributed by atoms with E-state index in [4.69, 9.17) is 5.84 Å². The van der Waals surface area contributed by atoms with Gasteiger partial charge < -0.3 is 10.5 Å². The standard InChI is InChI=1S/C12H20N4O/c1-9(17)10-4-6-16(7-10)8-11-3-2-5-14-12(11)15-13/h2-3,5,9-10,17H,4,6-8,13H2,1H3,(H,14,15). The number of hydrogen-bond donors (Lipinski definition) is 3. The lowest BCUT2D eigenvalue weighted by Gasteiger charge is -2.18. The molecule has 0 aromatic carbocycles. The number of aliphatic hydroxyl groups is 1. The van der Waals surface area contributed by atoms with E-state index < -0.39 is 0 Å². The Morgan fingerprint density at radius 2 is 2.53 bits per heavy atom. The highest BCUT2D eigenvalue weighted by molar-refractivity contribution is 5.42. The van der Waals surface area contributed by atoms with Gasteiger partial charge in [-0.05, 0) is 31.9 Å². The Kier molecular flexibility index (Phi) is 3.93. The number of anilines is 1. The van der Waals surface area contributed by atoms with E-state index in [1.54, 1.807) is 6.20 Å². The molecule has 4 N–H and O–H groups in total. The van der Waals surface area contributed by atoms with E-state index in [0.29, 0.717) is 5.92 Å². The first-order chi connectivity index (χ1) is 8.20. The summed E-state index contributed by atoms with van der Waals surface area (Å²) in [6, 6.07) is 3.94. The van der Waals surface area contributed by atoms with E-state index in [1.165, 1.54) is 0 Å². The van der Waals surface area contributed by atoms with E-state index in [-0.39, 0.29) is 6.10 Å². The molecule has 0 saturated carbocycles. The summed E-state index contributed by atoms with van der Waals surface area (Å²) in [5.41, 5.74) is 3.71. The molecule has 5 heteroatoms. The lowest BCUT2D eigenvalue weighted by atomic mass is 10.0. The zero-order valence-corrected chi connectivity index (χ0v) is 10.1. The Morgan fingerprint density at radius 1 is 1.71 bits per heavy atom. The van der Waals surface area contributed by atoms with Gasteiger partial charge in [-0.15, -0.1) is 0 Å². The monoisotopic (exact) mass is 236 g/mol. The van der Waals surface area contributed by atoms with Crippen LogP contribution in [-0.4, -0.2) is 34.2 Å². The van der Waals surface area contributed by atoms with E-state index in [9.17, 15) is 5.11 Å². The molecule has 1 aromatic heterocycles. The average Bonchev–Trinajstić information content (AvgIpc) is 2.78. The molecule has 0 amide bonds. The van der Waals surface area contributed by atoms with Gasteiger partial charge in [0.15, 0.2) is 0 Å². The molecule has 94 valence electrons. The third-order valence-electron chi connectivity index (χ3n) is 3.41. The summed E-state index contributed by atoms with van der Waals surface area (Å²) < 4.78 is 0. The van der Waals surface area contributed by atoms with Gasteiger partial charge in [-0.1, -0.05) is 6.07 Å². The summed E-state index contributed by atoms with van der Waals surface area (Å²) >= 11 is 0. The first-order valence-corrected chi connectivity index (χ1v) is 6.01. The quantitative estimate of drug-likeness (QED) is 0.526. The molecule has 17 heavy (non-hydrogen) atoms. The minimum atomic E-state index is -0.221. The summed E-state index contributed by atoms with van der Waals surface area (Å²) in [6.45, 7) is 4.66. The molecule has 1 aliphatic rings. The molecule has 2 atom stereocenters. The smallest absolute Gasteiger partial charge is 0.144 e. The zero-order valence-electron chi connectivity index (χ0n) is 10.1. The number of nitrogens with one attached hydrogen (secondary N) is 1. The Morgan fingerprint density at radius 3 is 3.18 bits per heavy atom. The van der Waals surface area contributed by atoms with Gasteiger partial charge in [0.1, 0.15) is 5.82 Å². The molecule has 0 spiro atoms. The molecule has 5 nitrogen and oxygen atoms in total.